The van der Waals surface area contributed by atoms with E-state index < -0.39 is 0 Å². The zero-order valence-corrected chi connectivity index (χ0v) is 16.3. The van der Waals surface area contributed by atoms with Gasteiger partial charge in [0.25, 0.3) is 0 Å². The van der Waals surface area contributed by atoms with Gasteiger partial charge in [-0.15, -0.1) is 0 Å². The number of aromatic nitrogens is 3. The molecule has 0 atom stereocenters. The molecule has 3 heterocycles. The minimum absolute atomic E-state index is 0.0841. The summed E-state index contributed by atoms with van der Waals surface area (Å²) in [6.07, 6.45) is 4.45. The second-order valence-corrected chi connectivity index (χ2v) is 8.33. The smallest absolute Gasteiger partial charge is 0.168 e. The lowest BCUT2D eigenvalue weighted by atomic mass is 9.86. The third-order valence-electron chi connectivity index (χ3n) is 5.24. The Hall–Kier alpha value is -2.69. The molecule has 3 aromatic rings. The number of carbonyl (C=O) groups excluding carboxylic acids is 1. The Morgan fingerprint density at radius 1 is 1.07 bits per heavy atom. The molecular weight excluding hydrogens is 336 g/mol. The van der Waals surface area contributed by atoms with E-state index in [0.29, 0.717) is 6.42 Å². The summed E-state index contributed by atoms with van der Waals surface area (Å²) in [4.78, 5) is 19.8. The maximum Gasteiger partial charge on any atom is 0.168 e. The molecule has 0 bridgehead atoms. The molecule has 0 amide bonds. The highest BCUT2D eigenvalue weighted by Gasteiger charge is 2.19. The fourth-order valence-corrected chi connectivity index (χ4v) is 3.63. The molecule has 4 rings (SSSR count). The first-order valence-electron chi connectivity index (χ1n) is 9.64. The lowest BCUT2D eigenvalue weighted by Crippen LogP contribution is -2.22. The van der Waals surface area contributed by atoms with Crippen LogP contribution in [0.25, 0.3) is 5.65 Å². The van der Waals surface area contributed by atoms with Crippen molar-refractivity contribution in [3.8, 4) is 0 Å². The van der Waals surface area contributed by atoms with Crippen LogP contribution in [-0.2, 0) is 11.8 Å². The van der Waals surface area contributed by atoms with Gasteiger partial charge in [0.05, 0.1) is 18.3 Å². The summed E-state index contributed by atoms with van der Waals surface area (Å²) < 4.78 is 1.87. The predicted octanol–water partition coefficient (Wildman–Crippen LogP) is 4.05. The molecule has 0 unspecified atom stereocenters. The monoisotopic (exact) mass is 362 g/mol. The van der Waals surface area contributed by atoms with E-state index in [1.54, 1.807) is 6.20 Å². The largest absolute Gasteiger partial charge is 0.356 e. The summed E-state index contributed by atoms with van der Waals surface area (Å²) in [7, 11) is 0. The van der Waals surface area contributed by atoms with Crippen LogP contribution in [-0.4, -0.2) is 33.5 Å². The van der Waals surface area contributed by atoms with Gasteiger partial charge in [-0.05, 0) is 23.8 Å². The molecular formula is C22H26N4O. The minimum Gasteiger partial charge on any atom is -0.356 e. The van der Waals surface area contributed by atoms with Crippen molar-refractivity contribution >= 4 is 17.2 Å². The van der Waals surface area contributed by atoms with E-state index in [4.69, 9.17) is 0 Å². The van der Waals surface area contributed by atoms with Gasteiger partial charge < -0.3 is 4.90 Å². The molecule has 1 saturated heterocycles. The second-order valence-electron chi connectivity index (χ2n) is 8.33. The fourth-order valence-electron chi connectivity index (χ4n) is 3.63. The normalized spacial score (nSPS) is 14.9. The number of Topliss-reactive ketones (excluding diaryl/α,β-unsaturated/α-hetero) is 1. The molecule has 1 aromatic carbocycles. The van der Waals surface area contributed by atoms with Crippen LogP contribution >= 0.6 is 0 Å². The van der Waals surface area contributed by atoms with Gasteiger partial charge in [-0.2, -0.15) is 9.61 Å². The zero-order chi connectivity index (χ0) is 19.0. The Kier molecular flexibility index (Phi) is 4.46. The van der Waals surface area contributed by atoms with E-state index >= 15 is 0 Å². The maximum atomic E-state index is 12.8. The molecule has 27 heavy (non-hydrogen) atoms. The summed E-state index contributed by atoms with van der Waals surface area (Å²) in [6, 6.07) is 11.9. The number of rotatable bonds is 4. The van der Waals surface area contributed by atoms with Gasteiger partial charge in [0.1, 0.15) is 5.82 Å². The number of hydrogen-bond donors (Lipinski definition) is 0. The zero-order valence-electron chi connectivity index (χ0n) is 16.3. The first kappa shape index (κ1) is 17.7. The van der Waals surface area contributed by atoms with E-state index in [1.165, 1.54) is 18.4 Å². The van der Waals surface area contributed by atoms with Crippen molar-refractivity contribution in [3.63, 3.8) is 0 Å². The van der Waals surface area contributed by atoms with Gasteiger partial charge in [0.2, 0.25) is 0 Å². The van der Waals surface area contributed by atoms with Crippen LogP contribution in [0.15, 0.2) is 42.6 Å². The van der Waals surface area contributed by atoms with Crippen molar-refractivity contribution in [2.75, 3.05) is 18.0 Å². The molecule has 0 saturated carbocycles. The highest BCUT2D eigenvalue weighted by atomic mass is 16.1. The molecule has 2 aromatic heterocycles. The first-order chi connectivity index (χ1) is 12.9. The topological polar surface area (TPSA) is 50.5 Å². The van der Waals surface area contributed by atoms with Gasteiger partial charge in [0, 0.05) is 30.8 Å². The third-order valence-corrected chi connectivity index (χ3v) is 5.24. The average molecular weight is 362 g/mol. The van der Waals surface area contributed by atoms with Gasteiger partial charge >= 0.3 is 0 Å². The summed E-state index contributed by atoms with van der Waals surface area (Å²) in [6.45, 7) is 8.58. The molecule has 1 aliphatic rings. The van der Waals surface area contributed by atoms with Crippen LogP contribution < -0.4 is 4.90 Å². The number of hydrogen-bond acceptors (Lipinski definition) is 4. The number of benzene rings is 1. The molecule has 5 nitrogen and oxygen atoms in total. The number of carbonyl (C=O) groups is 1. The number of nitrogens with zero attached hydrogens (tertiary/aromatic N) is 4. The Bertz CT molecular complexity index is 960. The first-order valence-corrected chi connectivity index (χ1v) is 9.64. The van der Waals surface area contributed by atoms with Crippen LogP contribution in [0, 0.1) is 0 Å². The lowest BCUT2D eigenvalue weighted by molar-refractivity contribution is 0.0992. The third kappa shape index (κ3) is 3.59. The second kappa shape index (κ2) is 6.80. The Morgan fingerprint density at radius 2 is 1.78 bits per heavy atom. The summed E-state index contributed by atoms with van der Waals surface area (Å²) in [5.41, 5.74) is 3.65. The molecule has 0 N–H and O–H groups in total. The number of fused-ring (bicyclic) bond motifs is 1. The highest BCUT2D eigenvalue weighted by Crippen LogP contribution is 2.24. The molecule has 0 spiro atoms. The van der Waals surface area contributed by atoms with E-state index in [-0.39, 0.29) is 11.2 Å². The van der Waals surface area contributed by atoms with Crippen molar-refractivity contribution in [2.24, 2.45) is 0 Å². The van der Waals surface area contributed by atoms with Gasteiger partial charge in [-0.25, -0.2) is 4.98 Å². The van der Waals surface area contributed by atoms with Crippen molar-refractivity contribution in [1.29, 1.82) is 0 Å². The molecule has 0 radical (unpaired) electrons. The van der Waals surface area contributed by atoms with Crippen molar-refractivity contribution in [2.45, 2.75) is 45.4 Å². The Balaban J connectivity index is 1.60. The Labute approximate surface area is 160 Å². The van der Waals surface area contributed by atoms with Gasteiger partial charge in [-0.3, -0.25) is 4.79 Å². The maximum absolute atomic E-state index is 12.8. The Morgan fingerprint density at radius 3 is 2.44 bits per heavy atom. The summed E-state index contributed by atoms with van der Waals surface area (Å²) >= 11 is 0. The van der Waals surface area contributed by atoms with E-state index in [9.17, 15) is 4.79 Å². The summed E-state index contributed by atoms with van der Waals surface area (Å²) in [5.74, 6) is 1.13. The van der Waals surface area contributed by atoms with Crippen LogP contribution in [0.5, 0.6) is 0 Å². The van der Waals surface area contributed by atoms with E-state index in [2.05, 4.69) is 47.9 Å². The fraction of sp³-hybridized carbons (Fsp3) is 0.409. The predicted molar refractivity (Wildman–Crippen MR) is 108 cm³/mol. The van der Waals surface area contributed by atoms with Crippen molar-refractivity contribution < 1.29 is 4.79 Å². The number of anilines is 1. The van der Waals surface area contributed by atoms with Crippen LogP contribution in [0.2, 0.25) is 0 Å². The average Bonchev–Trinajstić information content (AvgIpc) is 3.32. The van der Waals surface area contributed by atoms with Gasteiger partial charge in [-0.1, -0.05) is 45.0 Å². The van der Waals surface area contributed by atoms with Crippen LogP contribution in [0.3, 0.4) is 0 Å². The van der Waals surface area contributed by atoms with Crippen LogP contribution in [0.4, 0.5) is 5.82 Å². The quantitative estimate of drug-likeness (QED) is 0.657. The SMILES string of the molecule is CC(C)(C)c1ccc(C(=O)Cc2cc(N3CCCC3)n3nccc3n2)cc1. The molecule has 5 heteroatoms. The summed E-state index contributed by atoms with van der Waals surface area (Å²) in [5, 5.41) is 4.40. The number of ketones is 1. The standard InChI is InChI=1S/C22H26N4O/c1-22(2,3)17-8-6-16(7-9-17)19(27)14-18-15-21(25-12-4-5-13-25)26-20(24-18)10-11-23-26/h6-11,15H,4-5,12-14H2,1-3H3. The van der Waals surface area contributed by atoms with E-state index in [0.717, 1.165) is 35.8 Å². The molecule has 0 aliphatic carbocycles. The molecule has 1 aliphatic heterocycles. The minimum atomic E-state index is 0.0841. The van der Waals surface area contributed by atoms with Crippen molar-refractivity contribution in [3.05, 3.63) is 59.4 Å². The molecule has 1 fully saturated rings. The molecule has 140 valence electrons. The lowest BCUT2D eigenvalue weighted by Gasteiger charge is -2.19. The van der Waals surface area contributed by atoms with Crippen molar-refractivity contribution in [1.82, 2.24) is 14.6 Å². The van der Waals surface area contributed by atoms with E-state index in [1.807, 2.05) is 28.8 Å². The van der Waals surface area contributed by atoms with Crippen LogP contribution in [0.1, 0.15) is 55.2 Å². The highest BCUT2D eigenvalue weighted by molar-refractivity contribution is 5.97. The van der Waals surface area contributed by atoms with Gasteiger partial charge in [0.15, 0.2) is 11.4 Å².